The smallest absolute Gasteiger partial charge is 0.261 e. The number of para-hydroxylation sites is 1. The Balaban J connectivity index is 1.75. The minimum atomic E-state index is -3.16. The molecule has 0 aromatic heterocycles. The fourth-order valence-corrected chi connectivity index (χ4v) is 4.93. The van der Waals surface area contributed by atoms with Gasteiger partial charge in [-0.25, -0.2) is 12.8 Å². The van der Waals surface area contributed by atoms with Crippen molar-refractivity contribution in [1.29, 1.82) is 0 Å². The van der Waals surface area contributed by atoms with Crippen molar-refractivity contribution in [2.75, 3.05) is 18.1 Å². The summed E-state index contributed by atoms with van der Waals surface area (Å²) < 4.78 is 42.4. The van der Waals surface area contributed by atoms with E-state index in [-0.39, 0.29) is 36.4 Å². The Morgan fingerprint density at radius 3 is 2.52 bits per heavy atom. The van der Waals surface area contributed by atoms with Gasteiger partial charge >= 0.3 is 0 Å². The molecule has 1 fully saturated rings. The van der Waals surface area contributed by atoms with Crippen molar-refractivity contribution in [2.24, 2.45) is 0 Å². The van der Waals surface area contributed by atoms with Crippen molar-refractivity contribution in [1.82, 2.24) is 4.90 Å². The molecule has 1 atom stereocenters. The minimum Gasteiger partial charge on any atom is -0.482 e. The van der Waals surface area contributed by atoms with Crippen LogP contribution in [-0.2, 0) is 21.2 Å². The minimum absolute atomic E-state index is 0.0518. The number of halogens is 2. The molecule has 144 valence electrons. The maximum Gasteiger partial charge on any atom is 0.261 e. The molecule has 0 radical (unpaired) electrons. The van der Waals surface area contributed by atoms with Crippen molar-refractivity contribution < 1.29 is 22.3 Å². The highest BCUT2D eigenvalue weighted by Gasteiger charge is 2.34. The second-order valence-corrected chi connectivity index (χ2v) is 9.06. The first-order chi connectivity index (χ1) is 12.8. The van der Waals surface area contributed by atoms with E-state index < -0.39 is 15.9 Å². The van der Waals surface area contributed by atoms with Gasteiger partial charge in [-0.3, -0.25) is 4.79 Å². The van der Waals surface area contributed by atoms with E-state index in [0.29, 0.717) is 22.8 Å². The lowest BCUT2D eigenvalue weighted by Gasteiger charge is -2.28. The molecule has 1 amide bonds. The van der Waals surface area contributed by atoms with Crippen LogP contribution < -0.4 is 4.74 Å². The summed E-state index contributed by atoms with van der Waals surface area (Å²) in [5.41, 5.74) is 0.715. The van der Waals surface area contributed by atoms with Crippen LogP contribution in [0.5, 0.6) is 5.75 Å². The molecule has 0 spiro atoms. The molecule has 2 aromatic rings. The van der Waals surface area contributed by atoms with Crippen LogP contribution >= 0.6 is 11.6 Å². The molecule has 0 unspecified atom stereocenters. The van der Waals surface area contributed by atoms with Gasteiger partial charge in [0, 0.05) is 12.6 Å². The lowest BCUT2D eigenvalue weighted by Crippen LogP contribution is -2.43. The average molecular weight is 412 g/mol. The van der Waals surface area contributed by atoms with E-state index in [1.54, 1.807) is 36.4 Å². The number of hydrogen-bond acceptors (Lipinski definition) is 4. The molecule has 1 saturated heterocycles. The Morgan fingerprint density at radius 2 is 1.89 bits per heavy atom. The van der Waals surface area contributed by atoms with E-state index in [1.165, 1.54) is 17.0 Å². The molecular formula is C19H19ClFNO4S. The zero-order chi connectivity index (χ0) is 19.4. The van der Waals surface area contributed by atoms with Gasteiger partial charge in [-0.2, -0.15) is 0 Å². The predicted molar refractivity (Wildman–Crippen MR) is 101 cm³/mol. The van der Waals surface area contributed by atoms with Crippen LogP contribution in [-0.4, -0.2) is 43.4 Å². The summed E-state index contributed by atoms with van der Waals surface area (Å²) >= 11 is 6.03. The fraction of sp³-hybridized carbons (Fsp3) is 0.316. The Bertz CT molecular complexity index is 918. The Labute approximate surface area is 162 Å². The first-order valence-corrected chi connectivity index (χ1v) is 10.7. The van der Waals surface area contributed by atoms with Crippen LogP contribution in [0.15, 0.2) is 48.5 Å². The molecule has 5 nitrogen and oxygen atoms in total. The normalized spacial score (nSPS) is 18.2. The maximum atomic E-state index is 13.1. The first-order valence-electron chi connectivity index (χ1n) is 8.46. The number of sulfone groups is 1. The molecule has 1 aliphatic rings. The third kappa shape index (κ3) is 5.20. The van der Waals surface area contributed by atoms with Crippen LogP contribution in [0, 0.1) is 5.82 Å². The Hall–Kier alpha value is -2.12. The summed E-state index contributed by atoms with van der Waals surface area (Å²) in [5.74, 6) is -0.362. The SMILES string of the molecule is O=C(COc1ccccc1Cl)N(Cc1ccc(F)cc1)[C@H]1CCS(=O)(=O)C1. The van der Waals surface area contributed by atoms with Crippen LogP contribution in [0.25, 0.3) is 0 Å². The van der Waals surface area contributed by atoms with E-state index in [0.717, 1.165) is 0 Å². The number of hydrogen-bond donors (Lipinski definition) is 0. The van der Waals surface area contributed by atoms with Crippen molar-refractivity contribution in [2.45, 2.75) is 19.0 Å². The number of ether oxygens (including phenoxy) is 1. The number of amides is 1. The summed E-state index contributed by atoms with van der Waals surface area (Å²) in [5, 5.41) is 0.388. The van der Waals surface area contributed by atoms with Crippen LogP contribution in [0.4, 0.5) is 4.39 Å². The number of carbonyl (C=O) groups is 1. The third-order valence-electron chi connectivity index (χ3n) is 4.42. The number of carbonyl (C=O) groups excluding carboxylic acids is 1. The summed E-state index contributed by atoms with van der Waals surface area (Å²) in [7, 11) is -3.16. The number of rotatable bonds is 6. The largest absolute Gasteiger partial charge is 0.482 e. The average Bonchev–Trinajstić information content (AvgIpc) is 3.00. The monoisotopic (exact) mass is 411 g/mol. The molecule has 3 rings (SSSR count). The molecule has 2 aromatic carbocycles. The third-order valence-corrected chi connectivity index (χ3v) is 6.49. The maximum absolute atomic E-state index is 13.1. The van der Waals surface area contributed by atoms with Crippen molar-refractivity contribution in [3.63, 3.8) is 0 Å². The van der Waals surface area contributed by atoms with Gasteiger partial charge in [-0.1, -0.05) is 35.9 Å². The summed E-state index contributed by atoms with van der Waals surface area (Å²) in [6, 6.07) is 12.1. The van der Waals surface area contributed by atoms with Gasteiger partial charge in [0.1, 0.15) is 11.6 Å². The van der Waals surface area contributed by atoms with E-state index in [9.17, 15) is 17.6 Å². The fourth-order valence-electron chi connectivity index (χ4n) is 3.01. The molecule has 0 bridgehead atoms. The van der Waals surface area contributed by atoms with Crippen LogP contribution in [0.3, 0.4) is 0 Å². The first kappa shape index (κ1) is 19.6. The molecule has 0 N–H and O–H groups in total. The van der Waals surface area contributed by atoms with Crippen molar-refractivity contribution in [3.8, 4) is 5.75 Å². The van der Waals surface area contributed by atoms with E-state index >= 15 is 0 Å². The molecule has 27 heavy (non-hydrogen) atoms. The van der Waals surface area contributed by atoms with E-state index in [4.69, 9.17) is 16.3 Å². The van der Waals surface area contributed by atoms with Crippen molar-refractivity contribution >= 4 is 27.3 Å². The quantitative estimate of drug-likeness (QED) is 0.732. The molecule has 0 saturated carbocycles. The molecule has 1 aliphatic heterocycles. The standard InChI is InChI=1S/C19H19ClFNO4S/c20-17-3-1-2-4-18(17)26-12-19(23)22(16-9-10-27(24,25)13-16)11-14-5-7-15(21)8-6-14/h1-8,16H,9-13H2/t16-/m0/s1. The van der Waals surface area contributed by atoms with Gasteiger partial charge in [0.15, 0.2) is 16.4 Å². The second kappa shape index (κ2) is 8.27. The molecule has 8 heteroatoms. The lowest BCUT2D eigenvalue weighted by atomic mass is 10.1. The number of nitrogens with zero attached hydrogens (tertiary/aromatic N) is 1. The lowest BCUT2D eigenvalue weighted by molar-refractivity contribution is -0.136. The summed E-state index contributed by atoms with van der Waals surface area (Å²) in [6.07, 6.45) is 0.376. The van der Waals surface area contributed by atoms with Crippen molar-refractivity contribution in [3.05, 3.63) is 64.9 Å². The Kier molecular flexibility index (Phi) is 6.01. The van der Waals surface area contributed by atoms with E-state index in [1.807, 2.05) is 0 Å². The number of benzene rings is 2. The van der Waals surface area contributed by atoms with E-state index in [2.05, 4.69) is 0 Å². The highest BCUT2D eigenvalue weighted by atomic mass is 35.5. The van der Waals surface area contributed by atoms with Gasteiger partial charge in [-0.05, 0) is 36.2 Å². The second-order valence-electron chi connectivity index (χ2n) is 6.42. The molecular weight excluding hydrogens is 393 g/mol. The highest BCUT2D eigenvalue weighted by molar-refractivity contribution is 7.91. The van der Waals surface area contributed by atoms with Gasteiger partial charge < -0.3 is 9.64 Å². The topological polar surface area (TPSA) is 63.7 Å². The Morgan fingerprint density at radius 1 is 1.19 bits per heavy atom. The molecule has 0 aliphatic carbocycles. The van der Waals surface area contributed by atoms with Gasteiger partial charge in [0.05, 0.1) is 16.5 Å². The predicted octanol–water partition coefficient (Wildman–Crippen LogP) is 3.07. The highest BCUT2D eigenvalue weighted by Crippen LogP contribution is 2.24. The van der Waals surface area contributed by atoms with Crippen LogP contribution in [0.2, 0.25) is 5.02 Å². The zero-order valence-corrected chi connectivity index (χ0v) is 16.0. The van der Waals surface area contributed by atoms with Gasteiger partial charge in [0.25, 0.3) is 5.91 Å². The summed E-state index contributed by atoms with van der Waals surface area (Å²) in [4.78, 5) is 14.3. The van der Waals surface area contributed by atoms with Gasteiger partial charge in [0.2, 0.25) is 0 Å². The molecule has 1 heterocycles. The summed E-state index contributed by atoms with van der Waals surface area (Å²) in [6.45, 7) is -0.0767. The zero-order valence-electron chi connectivity index (χ0n) is 14.5. The van der Waals surface area contributed by atoms with Crippen LogP contribution in [0.1, 0.15) is 12.0 Å². The van der Waals surface area contributed by atoms with Gasteiger partial charge in [-0.15, -0.1) is 0 Å².